The third kappa shape index (κ3) is 7.21. The average Bonchev–Trinajstić information content (AvgIpc) is 2.58. The van der Waals surface area contributed by atoms with Crippen molar-refractivity contribution < 1.29 is 4.74 Å². The van der Waals surface area contributed by atoms with Crippen LogP contribution in [0.1, 0.15) is 25.0 Å². The molecule has 2 aromatic rings. The van der Waals surface area contributed by atoms with Crippen LogP contribution >= 0.6 is 24.0 Å². The third-order valence-electron chi connectivity index (χ3n) is 3.28. The summed E-state index contributed by atoms with van der Waals surface area (Å²) in [6, 6.07) is 18.7. The predicted molar refractivity (Wildman–Crippen MR) is 111 cm³/mol. The lowest BCUT2D eigenvalue weighted by atomic mass is 10.2. The van der Waals surface area contributed by atoms with Gasteiger partial charge >= 0.3 is 0 Å². The van der Waals surface area contributed by atoms with Crippen LogP contribution in [-0.2, 0) is 13.2 Å². The molecule has 0 aromatic heterocycles. The SMILES string of the molecule is CN=C(NCc1ccc(OCc2ccccc2)cc1)NC(C)C.I. The first-order chi connectivity index (χ1) is 11.2. The largest absolute Gasteiger partial charge is 0.489 e. The van der Waals surface area contributed by atoms with Crippen molar-refractivity contribution in [2.45, 2.75) is 33.0 Å². The maximum atomic E-state index is 5.79. The second-order valence-corrected chi connectivity index (χ2v) is 5.64. The normalized spacial score (nSPS) is 10.9. The summed E-state index contributed by atoms with van der Waals surface area (Å²) in [4.78, 5) is 4.19. The Labute approximate surface area is 161 Å². The lowest BCUT2D eigenvalue weighted by Gasteiger charge is -2.14. The summed E-state index contributed by atoms with van der Waals surface area (Å²) in [5.74, 6) is 1.69. The standard InChI is InChI=1S/C19H25N3O.HI/c1-15(2)22-19(20-3)21-13-16-9-11-18(12-10-16)23-14-17-7-5-4-6-8-17;/h4-12,15H,13-14H2,1-3H3,(H2,20,21,22);1H. The Hall–Kier alpha value is -1.76. The quantitative estimate of drug-likeness (QED) is 0.407. The molecule has 4 nitrogen and oxygen atoms in total. The molecule has 0 spiro atoms. The minimum atomic E-state index is 0. The molecule has 0 aliphatic carbocycles. The van der Waals surface area contributed by atoms with Gasteiger partial charge in [-0.25, -0.2) is 0 Å². The fraction of sp³-hybridized carbons (Fsp3) is 0.316. The van der Waals surface area contributed by atoms with Gasteiger partial charge in [0.15, 0.2) is 5.96 Å². The van der Waals surface area contributed by atoms with Gasteiger partial charge in [-0.2, -0.15) is 0 Å². The molecule has 2 rings (SSSR count). The maximum Gasteiger partial charge on any atom is 0.191 e. The summed E-state index contributed by atoms with van der Waals surface area (Å²) < 4.78 is 5.79. The van der Waals surface area contributed by atoms with Gasteiger partial charge in [0.05, 0.1) is 0 Å². The van der Waals surface area contributed by atoms with E-state index in [4.69, 9.17) is 4.74 Å². The molecule has 0 atom stereocenters. The monoisotopic (exact) mass is 439 g/mol. The van der Waals surface area contributed by atoms with Crippen molar-refractivity contribution in [2.75, 3.05) is 7.05 Å². The topological polar surface area (TPSA) is 45.7 Å². The Morgan fingerprint density at radius 3 is 2.25 bits per heavy atom. The van der Waals surface area contributed by atoms with E-state index in [9.17, 15) is 0 Å². The number of guanidine groups is 1. The minimum absolute atomic E-state index is 0. The minimum Gasteiger partial charge on any atom is -0.489 e. The van der Waals surface area contributed by atoms with Gasteiger partial charge < -0.3 is 15.4 Å². The number of ether oxygens (including phenoxy) is 1. The molecule has 2 N–H and O–H groups in total. The van der Waals surface area contributed by atoms with E-state index in [1.807, 2.05) is 30.3 Å². The van der Waals surface area contributed by atoms with Gasteiger partial charge in [0.1, 0.15) is 12.4 Å². The molecule has 0 aliphatic rings. The van der Waals surface area contributed by atoms with Gasteiger partial charge in [0.25, 0.3) is 0 Å². The first-order valence-corrected chi connectivity index (χ1v) is 7.90. The van der Waals surface area contributed by atoms with Crippen LogP contribution in [0.5, 0.6) is 5.75 Å². The average molecular weight is 439 g/mol. The molecule has 0 unspecified atom stereocenters. The third-order valence-corrected chi connectivity index (χ3v) is 3.28. The highest BCUT2D eigenvalue weighted by Gasteiger charge is 2.01. The van der Waals surface area contributed by atoms with Gasteiger partial charge in [0.2, 0.25) is 0 Å². The van der Waals surface area contributed by atoms with Crippen molar-refractivity contribution in [3.05, 3.63) is 65.7 Å². The highest BCUT2D eigenvalue weighted by atomic mass is 127. The molecule has 0 heterocycles. The van der Waals surface area contributed by atoms with Crippen molar-refractivity contribution in [2.24, 2.45) is 4.99 Å². The molecule has 130 valence electrons. The molecule has 0 saturated carbocycles. The van der Waals surface area contributed by atoms with Crippen LogP contribution in [0.4, 0.5) is 0 Å². The van der Waals surface area contributed by atoms with Crippen molar-refractivity contribution in [1.29, 1.82) is 0 Å². The Kier molecular flexibility index (Phi) is 9.22. The van der Waals surface area contributed by atoms with E-state index in [1.54, 1.807) is 7.05 Å². The summed E-state index contributed by atoms with van der Waals surface area (Å²) in [5.41, 5.74) is 2.35. The number of nitrogens with one attached hydrogen (secondary N) is 2. The van der Waals surface area contributed by atoms with E-state index in [0.29, 0.717) is 12.6 Å². The summed E-state index contributed by atoms with van der Waals surface area (Å²) in [5, 5.41) is 6.56. The summed E-state index contributed by atoms with van der Waals surface area (Å²) in [7, 11) is 1.78. The number of benzene rings is 2. The second kappa shape index (κ2) is 10.9. The van der Waals surface area contributed by atoms with Gasteiger partial charge in [-0.3, -0.25) is 4.99 Å². The van der Waals surface area contributed by atoms with E-state index in [-0.39, 0.29) is 24.0 Å². The highest BCUT2D eigenvalue weighted by molar-refractivity contribution is 14.0. The lowest BCUT2D eigenvalue weighted by Crippen LogP contribution is -2.40. The van der Waals surface area contributed by atoms with E-state index in [0.717, 1.165) is 18.3 Å². The molecular formula is C19H26IN3O. The van der Waals surface area contributed by atoms with Crippen LogP contribution < -0.4 is 15.4 Å². The summed E-state index contributed by atoms with van der Waals surface area (Å²) >= 11 is 0. The van der Waals surface area contributed by atoms with Crippen LogP contribution in [-0.4, -0.2) is 19.0 Å². The van der Waals surface area contributed by atoms with Crippen LogP contribution in [0, 0.1) is 0 Å². The first kappa shape index (κ1) is 20.3. The zero-order chi connectivity index (χ0) is 16.5. The van der Waals surface area contributed by atoms with Crippen molar-refractivity contribution >= 4 is 29.9 Å². The molecule has 0 amide bonds. The fourth-order valence-corrected chi connectivity index (χ4v) is 2.10. The Bertz CT molecular complexity index is 612. The molecular weight excluding hydrogens is 413 g/mol. The van der Waals surface area contributed by atoms with Gasteiger partial charge in [-0.15, -0.1) is 24.0 Å². The summed E-state index contributed by atoms with van der Waals surface area (Å²) in [6.45, 7) is 5.49. The molecule has 24 heavy (non-hydrogen) atoms. The van der Waals surface area contributed by atoms with E-state index in [2.05, 4.69) is 53.7 Å². The van der Waals surface area contributed by atoms with Crippen molar-refractivity contribution in [1.82, 2.24) is 10.6 Å². The Morgan fingerprint density at radius 1 is 1.00 bits per heavy atom. The van der Waals surface area contributed by atoms with E-state index < -0.39 is 0 Å². The zero-order valence-electron chi connectivity index (χ0n) is 14.5. The second-order valence-electron chi connectivity index (χ2n) is 5.64. The number of rotatable bonds is 6. The maximum absolute atomic E-state index is 5.79. The molecule has 0 aliphatic heterocycles. The predicted octanol–water partition coefficient (Wildman–Crippen LogP) is 3.96. The molecule has 0 radical (unpaired) electrons. The zero-order valence-corrected chi connectivity index (χ0v) is 16.8. The van der Waals surface area contributed by atoms with Crippen LogP contribution in [0.3, 0.4) is 0 Å². The molecule has 2 aromatic carbocycles. The molecule has 0 fully saturated rings. The summed E-state index contributed by atoms with van der Waals surface area (Å²) in [6.07, 6.45) is 0. The fourth-order valence-electron chi connectivity index (χ4n) is 2.10. The number of nitrogens with zero attached hydrogens (tertiary/aromatic N) is 1. The Balaban J connectivity index is 0.00000288. The number of hydrogen-bond acceptors (Lipinski definition) is 2. The number of aliphatic imine (C=N–C) groups is 1. The molecule has 0 saturated heterocycles. The van der Waals surface area contributed by atoms with Crippen LogP contribution in [0.25, 0.3) is 0 Å². The first-order valence-electron chi connectivity index (χ1n) is 7.90. The van der Waals surface area contributed by atoms with Crippen LogP contribution in [0.15, 0.2) is 59.6 Å². The van der Waals surface area contributed by atoms with E-state index in [1.165, 1.54) is 11.1 Å². The lowest BCUT2D eigenvalue weighted by molar-refractivity contribution is 0.306. The van der Waals surface area contributed by atoms with Gasteiger partial charge in [-0.05, 0) is 37.1 Å². The van der Waals surface area contributed by atoms with Crippen LogP contribution in [0.2, 0.25) is 0 Å². The van der Waals surface area contributed by atoms with Crippen molar-refractivity contribution in [3.8, 4) is 5.75 Å². The van der Waals surface area contributed by atoms with Gasteiger partial charge in [-0.1, -0.05) is 42.5 Å². The van der Waals surface area contributed by atoms with Gasteiger partial charge in [0, 0.05) is 19.6 Å². The molecule has 5 heteroatoms. The van der Waals surface area contributed by atoms with Crippen molar-refractivity contribution in [3.63, 3.8) is 0 Å². The molecule has 0 bridgehead atoms. The number of hydrogen-bond donors (Lipinski definition) is 2. The Morgan fingerprint density at radius 2 is 1.67 bits per heavy atom. The number of halogens is 1. The highest BCUT2D eigenvalue weighted by Crippen LogP contribution is 2.14. The van der Waals surface area contributed by atoms with E-state index >= 15 is 0 Å². The smallest absolute Gasteiger partial charge is 0.191 e.